The average Bonchev–Trinajstić information content (AvgIpc) is 2.67. The molecule has 1 aromatic heterocycles. The lowest BCUT2D eigenvalue weighted by Crippen LogP contribution is -2.36. The topological polar surface area (TPSA) is 76.5 Å². The summed E-state index contributed by atoms with van der Waals surface area (Å²) in [5.41, 5.74) is 6.97. The Morgan fingerprint density at radius 2 is 2.00 bits per heavy atom. The first-order valence-corrected chi connectivity index (χ1v) is 9.76. The van der Waals surface area contributed by atoms with Gasteiger partial charge in [-0.25, -0.2) is 4.79 Å². The Balaban J connectivity index is 2.85. The smallest absolute Gasteiger partial charge is 0.339 e. The summed E-state index contributed by atoms with van der Waals surface area (Å²) in [5.74, 6) is -1.02. The van der Waals surface area contributed by atoms with Gasteiger partial charge in [0, 0.05) is 9.86 Å². The van der Waals surface area contributed by atoms with E-state index in [9.17, 15) is 9.90 Å². The van der Waals surface area contributed by atoms with E-state index in [0.717, 1.165) is 5.38 Å². The Hall–Kier alpha value is -1.27. The zero-order valence-electron chi connectivity index (χ0n) is 10.4. The van der Waals surface area contributed by atoms with Crippen LogP contribution in [0.1, 0.15) is 10.4 Å². The zero-order chi connectivity index (χ0) is 13.7. The van der Waals surface area contributed by atoms with Crippen LogP contribution in [-0.4, -0.2) is 19.1 Å². The number of aromatic carboxylic acids is 1. The van der Waals surface area contributed by atoms with Gasteiger partial charge >= 0.3 is 5.97 Å². The van der Waals surface area contributed by atoms with Gasteiger partial charge < -0.3 is 15.3 Å². The SMILES string of the molecule is C[Si](C)(C)c1cc2c(N)c(Br)cc(C(=O)O)c2o1. The summed E-state index contributed by atoms with van der Waals surface area (Å²) in [6, 6.07) is 3.35. The van der Waals surface area contributed by atoms with Crippen LogP contribution in [0.3, 0.4) is 0 Å². The fourth-order valence-corrected chi connectivity index (χ4v) is 3.15. The highest BCUT2D eigenvalue weighted by atomic mass is 79.9. The summed E-state index contributed by atoms with van der Waals surface area (Å²) in [6.45, 7) is 6.41. The van der Waals surface area contributed by atoms with Crippen molar-refractivity contribution in [3.05, 3.63) is 22.2 Å². The largest absolute Gasteiger partial charge is 0.478 e. The molecule has 0 saturated heterocycles. The van der Waals surface area contributed by atoms with Crippen molar-refractivity contribution in [1.82, 2.24) is 0 Å². The average molecular weight is 328 g/mol. The van der Waals surface area contributed by atoms with E-state index in [1.165, 1.54) is 6.07 Å². The van der Waals surface area contributed by atoms with Gasteiger partial charge in [-0.05, 0) is 28.1 Å². The van der Waals surface area contributed by atoms with E-state index < -0.39 is 14.0 Å². The van der Waals surface area contributed by atoms with E-state index in [0.29, 0.717) is 21.1 Å². The molecule has 1 heterocycles. The maximum Gasteiger partial charge on any atom is 0.339 e. The van der Waals surface area contributed by atoms with Crippen molar-refractivity contribution < 1.29 is 14.3 Å². The van der Waals surface area contributed by atoms with Crippen LogP contribution >= 0.6 is 15.9 Å². The van der Waals surface area contributed by atoms with Crippen molar-refractivity contribution in [1.29, 1.82) is 0 Å². The van der Waals surface area contributed by atoms with Crippen LogP contribution in [0.4, 0.5) is 5.69 Å². The Labute approximate surface area is 114 Å². The zero-order valence-corrected chi connectivity index (χ0v) is 13.0. The number of nitrogen functional groups attached to an aromatic ring is 1. The van der Waals surface area contributed by atoms with Crippen LogP contribution in [0.25, 0.3) is 11.0 Å². The number of carbonyl (C=O) groups is 1. The predicted octanol–water partition coefficient (Wildman–Crippen LogP) is 3.02. The molecule has 0 bridgehead atoms. The maximum absolute atomic E-state index is 11.2. The minimum absolute atomic E-state index is 0.135. The Morgan fingerprint density at radius 1 is 1.39 bits per heavy atom. The molecule has 0 aliphatic heterocycles. The molecular formula is C12H14BrNO3Si. The van der Waals surface area contributed by atoms with Gasteiger partial charge in [-0.15, -0.1) is 0 Å². The van der Waals surface area contributed by atoms with Gasteiger partial charge in [0.25, 0.3) is 0 Å². The summed E-state index contributed by atoms with van der Waals surface area (Å²) in [7, 11) is -1.64. The summed E-state index contributed by atoms with van der Waals surface area (Å²) >= 11 is 3.28. The molecule has 0 aliphatic rings. The van der Waals surface area contributed by atoms with Crippen LogP contribution in [0, 0.1) is 0 Å². The van der Waals surface area contributed by atoms with Gasteiger partial charge in [-0.2, -0.15) is 0 Å². The van der Waals surface area contributed by atoms with Crippen LogP contribution < -0.4 is 11.1 Å². The molecular weight excluding hydrogens is 314 g/mol. The third-order valence-electron chi connectivity index (χ3n) is 2.76. The van der Waals surface area contributed by atoms with Crippen molar-refractivity contribution in [2.75, 3.05) is 5.73 Å². The second kappa shape index (κ2) is 4.13. The monoisotopic (exact) mass is 327 g/mol. The number of furan rings is 1. The quantitative estimate of drug-likeness (QED) is 0.656. The minimum atomic E-state index is -1.64. The first-order valence-electron chi connectivity index (χ1n) is 5.47. The van der Waals surface area contributed by atoms with Crippen LogP contribution in [0.2, 0.25) is 19.6 Å². The van der Waals surface area contributed by atoms with Crippen molar-refractivity contribution in [2.24, 2.45) is 0 Å². The van der Waals surface area contributed by atoms with Gasteiger partial charge in [-0.3, -0.25) is 0 Å². The summed E-state index contributed by atoms with van der Waals surface area (Å²) in [6.07, 6.45) is 0. The highest BCUT2D eigenvalue weighted by Crippen LogP contribution is 2.32. The highest BCUT2D eigenvalue weighted by Gasteiger charge is 2.25. The summed E-state index contributed by atoms with van der Waals surface area (Å²) < 4.78 is 6.32. The lowest BCUT2D eigenvalue weighted by Gasteiger charge is -2.10. The maximum atomic E-state index is 11.2. The number of hydrogen-bond acceptors (Lipinski definition) is 3. The van der Waals surface area contributed by atoms with Crippen LogP contribution in [0.5, 0.6) is 0 Å². The third kappa shape index (κ3) is 2.06. The molecule has 6 heteroatoms. The number of benzene rings is 1. The predicted molar refractivity (Wildman–Crippen MR) is 78.3 cm³/mol. The van der Waals surface area contributed by atoms with Gasteiger partial charge in [0.15, 0.2) is 0 Å². The summed E-state index contributed by atoms with van der Waals surface area (Å²) in [5, 5.41) is 10.7. The Morgan fingerprint density at radius 3 is 2.50 bits per heavy atom. The van der Waals surface area contributed by atoms with E-state index in [1.54, 1.807) is 0 Å². The number of fused-ring (bicyclic) bond motifs is 1. The van der Waals surface area contributed by atoms with Gasteiger partial charge in [-0.1, -0.05) is 19.6 Å². The first-order chi connectivity index (χ1) is 8.21. The first kappa shape index (κ1) is 13.2. The van der Waals surface area contributed by atoms with Gasteiger partial charge in [0.05, 0.1) is 11.1 Å². The molecule has 3 N–H and O–H groups in total. The molecule has 0 fully saturated rings. The van der Waals surface area contributed by atoms with Crippen molar-refractivity contribution in [2.45, 2.75) is 19.6 Å². The highest BCUT2D eigenvalue weighted by molar-refractivity contribution is 9.10. The number of nitrogens with two attached hydrogens (primary N) is 1. The standard InChI is InChI=1S/C12H14BrNO3Si/c1-18(2,3)9-5-6-10(14)8(13)4-7(12(15)16)11(6)17-9/h4-5H,14H2,1-3H3,(H,15,16). The van der Waals surface area contributed by atoms with Crippen molar-refractivity contribution in [3.63, 3.8) is 0 Å². The van der Waals surface area contributed by atoms with Crippen molar-refractivity contribution in [3.8, 4) is 0 Å². The van der Waals surface area contributed by atoms with E-state index >= 15 is 0 Å². The van der Waals surface area contributed by atoms with Gasteiger partial charge in [0.2, 0.25) is 0 Å². The molecule has 2 aromatic rings. The molecule has 0 amide bonds. The van der Waals surface area contributed by atoms with Crippen LogP contribution in [-0.2, 0) is 0 Å². The Bertz CT molecular complexity index is 643. The molecule has 0 radical (unpaired) electrons. The molecule has 1 aromatic carbocycles. The van der Waals surface area contributed by atoms with Gasteiger partial charge in [0.1, 0.15) is 19.2 Å². The molecule has 2 rings (SSSR count). The van der Waals surface area contributed by atoms with E-state index in [-0.39, 0.29) is 5.56 Å². The molecule has 96 valence electrons. The molecule has 0 spiro atoms. The van der Waals surface area contributed by atoms with Crippen molar-refractivity contribution >= 4 is 52.0 Å². The fraction of sp³-hybridized carbons (Fsp3) is 0.250. The number of hydrogen-bond donors (Lipinski definition) is 2. The normalized spacial score (nSPS) is 12.0. The summed E-state index contributed by atoms with van der Waals surface area (Å²) in [4.78, 5) is 11.2. The second-order valence-corrected chi connectivity index (χ2v) is 11.1. The lowest BCUT2D eigenvalue weighted by atomic mass is 10.1. The number of carboxylic acids is 1. The lowest BCUT2D eigenvalue weighted by molar-refractivity contribution is 0.0698. The molecule has 0 atom stereocenters. The number of rotatable bonds is 2. The number of anilines is 1. The third-order valence-corrected chi connectivity index (χ3v) is 5.15. The second-order valence-electron chi connectivity index (χ2n) is 5.23. The molecule has 0 saturated carbocycles. The van der Waals surface area contributed by atoms with Crippen LogP contribution in [0.15, 0.2) is 21.0 Å². The van der Waals surface area contributed by atoms with E-state index in [4.69, 9.17) is 10.2 Å². The molecule has 4 nitrogen and oxygen atoms in total. The Kier molecular flexibility index (Phi) is 3.02. The molecule has 0 unspecified atom stereocenters. The fourth-order valence-electron chi connectivity index (χ4n) is 1.72. The minimum Gasteiger partial charge on any atom is -0.478 e. The molecule has 0 aliphatic carbocycles. The molecule has 18 heavy (non-hydrogen) atoms. The van der Waals surface area contributed by atoms with E-state index in [2.05, 4.69) is 35.6 Å². The number of carboxylic acid groups (broad SMARTS) is 1. The number of halogens is 1. The van der Waals surface area contributed by atoms with E-state index in [1.807, 2.05) is 6.07 Å².